The predicted molar refractivity (Wildman–Crippen MR) is 65.9 cm³/mol. The molecule has 0 spiro atoms. The van der Waals surface area contributed by atoms with Gasteiger partial charge in [0.05, 0.1) is 18.1 Å². The van der Waals surface area contributed by atoms with Gasteiger partial charge in [-0.3, -0.25) is 4.79 Å². The third-order valence-electron chi connectivity index (χ3n) is 2.63. The van der Waals surface area contributed by atoms with Crippen LogP contribution in [0.25, 0.3) is 0 Å². The Hall–Kier alpha value is -1.89. The van der Waals surface area contributed by atoms with E-state index in [1.807, 2.05) is 0 Å². The number of halogens is 1. The maximum Gasteiger partial charge on any atom is 0.165 e. The third-order valence-corrected chi connectivity index (χ3v) is 2.63. The van der Waals surface area contributed by atoms with E-state index in [9.17, 15) is 9.18 Å². The first-order valence-corrected chi connectivity index (χ1v) is 5.70. The Balaban J connectivity index is 2.65. The van der Waals surface area contributed by atoms with Crippen LogP contribution in [0.5, 0.6) is 5.75 Å². The SMILES string of the molecule is CC(=O)c1ccc(OCCC(C)(C)C#N)c(F)c1. The summed E-state index contributed by atoms with van der Waals surface area (Å²) in [5.41, 5.74) is -0.173. The summed E-state index contributed by atoms with van der Waals surface area (Å²) in [6.07, 6.45) is 0.511. The molecule has 0 N–H and O–H groups in total. The number of ketones is 1. The second kappa shape index (κ2) is 5.63. The van der Waals surface area contributed by atoms with Gasteiger partial charge >= 0.3 is 0 Å². The molecule has 0 fully saturated rings. The fourth-order valence-electron chi connectivity index (χ4n) is 1.31. The van der Waals surface area contributed by atoms with Crippen molar-refractivity contribution in [3.8, 4) is 11.8 Å². The molecule has 0 unspecified atom stereocenters. The summed E-state index contributed by atoms with van der Waals surface area (Å²) < 4.78 is 18.8. The molecule has 0 aliphatic carbocycles. The highest BCUT2D eigenvalue weighted by atomic mass is 19.1. The summed E-state index contributed by atoms with van der Waals surface area (Å²) in [5.74, 6) is -0.641. The summed E-state index contributed by atoms with van der Waals surface area (Å²) in [6.45, 7) is 5.23. The number of rotatable bonds is 5. The minimum atomic E-state index is -0.558. The fraction of sp³-hybridized carbons (Fsp3) is 0.429. The van der Waals surface area contributed by atoms with Crippen LogP contribution in [0, 0.1) is 22.6 Å². The topological polar surface area (TPSA) is 50.1 Å². The Morgan fingerprint density at radius 2 is 2.17 bits per heavy atom. The van der Waals surface area contributed by atoms with Crippen molar-refractivity contribution in [2.45, 2.75) is 27.2 Å². The van der Waals surface area contributed by atoms with Gasteiger partial charge in [-0.25, -0.2) is 4.39 Å². The average molecular weight is 249 g/mol. The number of benzene rings is 1. The number of hydrogen-bond donors (Lipinski definition) is 0. The van der Waals surface area contributed by atoms with E-state index >= 15 is 0 Å². The summed E-state index contributed by atoms with van der Waals surface area (Å²) >= 11 is 0. The zero-order chi connectivity index (χ0) is 13.8. The van der Waals surface area contributed by atoms with Gasteiger partial charge in [0.2, 0.25) is 0 Å². The molecule has 1 aromatic carbocycles. The zero-order valence-corrected chi connectivity index (χ0v) is 10.8. The summed E-state index contributed by atoms with van der Waals surface area (Å²) in [4.78, 5) is 11.0. The Labute approximate surface area is 106 Å². The molecule has 0 aromatic heterocycles. The number of nitrogens with zero attached hydrogens (tertiary/aromatic N) is 1. The Morgan fingerprint density at radius 1 is 1.50 bits per heavy atom. The van der Waals surface area contributed by atoms with Gasteiger partial charge in [0, 0.05) is 5.56 Å². The minimum Gasteiger partial charge on any atom is -0.490 e. The van der Waals surface area contributed by atoms with Crippen LogP contribution in [-0.2, 0) is 0 Å². The molecule has 96 valence electrons. The number of carbonyl (C=O) groups excluding carboxylic acids is 1. The molecule has 1 rings (SSSR count). The lowest BCUT2D eigenvalue weighted by Gasteiger charge is -2.15. The van der Waals surface area contributed by atoms with Gasteiger partial charge in [-0.2, -0.15) is 5.26 Å². The zero-order valence-electron chi connectivity index (χ0n) is 10.8. The van der Waals surface area contributed by atoms with Crippen molar-refractivity contribution in [2.75, 3.05) is 6.61 Å². The van der Waals surface area contributed by atoms with Crippen molar-refractivity contribution in [3.05, 3.63) is 29.6 Å². The van der Waals surface area contributed by atoms with Crippen molar-refractivity contribution in [2.24, 2.45) is 5.41 Å². The molecule has 0 amide bonds. The molecule has 0 atom stereocenters. The highest BCUT2D eigenvalue weighted by Gasteiger charge is 2.17. The number of nitriles is 1. The van der Waals surface area contributed by atoms with Crippen LogP contribution in [0.2, 0.25) is 0 Å². The second-order valence-corrected chi connectivity index (χ2v) is 4.80. The van der Waals surface area contributed by atoms with Crippen molar-refractivity contribution < 1.29 is 13.9 Å². The largest absolute Gasteiger partial charge is 0.490 e. The van der Waals surface area contributed by atoms with Crippen molar-refractivity contribution in [1.82, 2.24) is 0 Å². The maximum absolute atomic E-state index is 13.6. The van der Waals surface area contributed by atoms with Crippen LogP contribution in [0.3, 0.4) is 0 Å². The molecule has 1 aromatic rings. The van der Waals surface area contributed by atoms with Gasteiger partial charge in [-0.05, 0) is 45.4 Å². The quantitative estimate of drug-likeness (QED) is 0.752. The predicted octanol–water partition coefficient (Wildman–Crippen LogP) is 3.35. The first-order valence-electron chi connectivity index (χ1n) is 5.70. The van der Waals surface area contributed by atoms with Crippen LogP contribution in [-0.4, -0.2) is 12.4 Å². The van der Waals surface area contributed by atoms with E-state index in [4.69, 9.17) is 10.00 Å². The van der Waals surface area contributed by atoms with E-state index in [2.05, 4.69) is 6.07 Å². The van der Waals surface area contributed by atoms with Crippen LogP contribution < -0.4 is 4.74 Å². The van der Waals surface area contributed by atoms with Gasteiger partial charge in [0.15, 0.2) is 17.3 Å². The molecular formula is C14H16FNO2. The maximum atomic E-state index is 13.6. The molecule has 0 heterocycles. The first-order chi connectivity index (χ1) is 8.35. The van der Waals surface area contributed by atoms with E-state index in [1.54, 1.807) is 13.8 Å². The van der Waals surface area contributed by atoms with Crippen LogP contribution in [0.1, 0.15) is 37.6 Å². The highest BCUT2D eigenvalue weighted by Crippen LogP contribution is 2.22. The molecule has 4 heteroatoms. The second-order valence-electron chi connectivity index (χ2n) is 4.80. The van der Waals surface area contributed by atoms with Gasteiger partial charge in [-0.1, -0.05) is 0 Å². The average Bonchev–Trinajstić information content (AvgIpc) is 2.31. The standard InChI is InChI=1S/C14H16FNO2/c1-10(17)11-4-5-13(12(15)8-11)18-7-6-14(2,3)9-16/h4-5,8H,6-7H2,1-3H3. The molecule has 0 aliphatic rings. The minimum absolute atomic E-state index is 0.105. The lowest BCUT2D eigenvalue weighted by Crippen LogP contribution is -2.13. The molecule has 0 aliphatic heterocycles. The van der Waals surface area contributed by atoms with Crippen molar-refractivity contribution >= 4 is 5.78 Å². The number of carbonyl (C=O) groups is 1. The van der Waals surface area contributed by atoms with Gasteiger partial charge in [0.25, 0.3) is 0 Å². The molecule has 3 nitrogen and oxygen atoms in total. The van der Waals surface area contributed by atoms with Gasteiger partial charge in [0.1, 0.15) is 0 Å². The Morgan fingerprint density at radius 3 is 2.67 bits per heavy atom. The van der Waals surface area contributed by atoms with E-state index in [-0.39, 0.29) is 18.1 Å². The molecular weight excluding hydrogens is 233 g/mol. The third kappa shape index (κ3) is 3.85. The smallest absolute Gasteiger partial charge is 0.165 e. The van der Waals surface area contributed by atoms with Crippen LogP contribution >= 0.6 is 0 Å². The Kier molecular flexibility index (Phi) is 4.43. The van der Waals surface area contributed by atoms with Gasteiger partial charge in [-0.15, -0.1) is 0 Å². The van der Waals surface area contributed by atoms with Crippen molar-refractivity contribution in [3.63, 3.8) is 0 Å². The van der Waals surface area contributed by atoms with E-state index in [1.165, 1.54) is 19.1 Å². The fourth-order valence-corrected chi connectivity index (χ4v) is 1.31. The van der Waals surface area contributed by atoms with Gasteiger partial charge < -0.3 is 4.74 Å². The van der Waals surface area contributed by atoms with Crippen LogP contribution in [0.4, 0.5) is 4.39 Å². The highest BCUT2D eigenvalue weighted by molar-refractivity contribution is 5.94. The number of ether oxygens (including phenoxy) is 1. The number of hydrogen-bond acceptors (Lipinski definition) is 3. The monoisotopic (exact) mass is 249 g/mol. The normalized spacial score (nSPS) is 10.8. The molecule has 0 radical (unpaired) electrons. The van der Waals surface area contributed by atoms with Crippen LogP contribution in [0.15, 0.2) is 18.2 Å². The Bertz CT molecular complexity index is 489. The lowest BCUT2D eigenvalue weighted by atomic mass is 9.92. The number of Topliss-reactive ketones (excluding diaryl/α,β-unsaturated/α-hetero) is 1. The molecule has 0 bridgehead atoms. The molecule has 18 heavy (non-hydrogen) atoms. The first kappa shape index (κ1) is 14.2. The summed E-state index contributed by atoms with van der Waals surface area (Å²) in [7, 11) is 0. The summed E-state index contributed by atoms with van der Waals surface area (Å²) in [5, 5.41) is 8.83. The van der Waals surface area contributed by atoms with E-state index in [0.717, 1.165) is 6.07 Å². The lowest BCUT2D eigenvalue weighted by molar-refractivity contribution is 0.101. The van der Waals surface area contributed by atoms with E-state index < -0.39 is 11.2 Å². The summed E-state index contributed by atoms with van der Waals surface area (Å²) in [6, 6.07) is 6.27. The molecule has 0 saturated heterocycles. The van der Waals surface area contributed by atoms with E-state index in [0.29, 0.717) is 12.0 Å². The molecule has 0 saturated carbocycles. The van der Waals surface area contributed by atoms with Crippen molar-refractivity contribution in [1.29, 1.82) is 5.26 Å².